The molecule has 0 aliphatic carbocycles. The van der Waals surface area contributed by atoms with Crippen LogP contribution in [0.2, 0.25) is 0 Å². The Morgan fingerprint density at radius 3 is 1.74 bits per heavy atom. The Balaban J connectivity index is 4.35. The van der Waals surface area contributed by atoms with E-state index in [-0.39, 0.29) is 18.7 Å². The molecule has 0 radical (unpaired) electrons. The van der Waals surface area contributed by atoms with Crippen LogP contribution in [-0.4, -0.2) is 52.6 Å². The van der Waals surface area contributed by atoms with E-state index in [9.17, 15) is 24.3 Å². The summed E-state index contributed by atoms with van der Waals surface area (Å²) in [6, 6.07) is -2.18. The molecule has 0 saturated heterocycles. The van der Waals surface area contributed by atoms with Crippen molar-refractivity contribution < 1.29 is 29.4 Å². The zero-order valence-electron chi connectivity index (χ0n) is 21.0. The van der Waals surface area contributed by atoms with Crippen LogP contribution in [0.1, 0.15) is 116 Å². The van der Waals surface area contributed by atoms with E-state index in [0.29, 0.717) is 32.2 Å². The van der Waals surface area contributed by atoms with Crippen LogP contribution < -0.4 is 16.4 Å². The van der Waals surface area contributed by atoms with Gasteiger partial charge in [0.2, 0.25) is 11.8 Å². The maximum atomic E-state index is 12.6. The topological polar surface area (TPSA) is 159 Å². The zero-order valence-corrected chi connectivity index (χ0v) is 21.0. The summed E-state index contributed by atoms with van der Waals surface area (Å²) in [4.78, 5) is 47.1. The number of nitrogens with two attached hydrogens (primary N) is 1. The van der Waals surface area contributed by atoms with Crippen molar-refractivity contribution in [1.29, 1.82) is 0 Å². The van der Waals surface area contributed by atoms with Crippen LogP contribution >= 0.6 is 0 Å². The molecule has 34 heavy (non-hydrogen) atoms. The van der Waals surface area contributed by atoms with Crippen molar-refractivity contribution in [3.05, 3.63) is 0 Å². The molecule has 0 aromatic carbocycles. The highest BCUT2D eigenvalue weighted by molar-refractivity contribution is 5.90. The number of hydrogen-bond donors (Lipinski definition) is 5. The molecule has 0 rings (SSSR count). The van der Waals surface area contributed by atoms with Crippen LogP contribution in [0.25, 0.3) is 0 Å². The molecule has 0 aliphatic rings. The molecule has 198 valence electrons. The lowest BCUT2D eigenvalue weighted by molar-refractivity contribution is -0.143. The Morgan fingerprint density at radius 2 is 1.24 bits per heavy atom. The van der Waals surface area contributed by atoms with Crippen molar-refractivity contribution in [3.63, 3.8) is 0 Å². The van der Waals surface area contributed by atoms with E-state index >= 15 is 0 Å². The van der Waals surface area contributed by atoms with Crippen molar-refractivity contribution in [1.82, 2.24) is 10.6 Å². The molecule has 2 amide bonds. The molecule has 0 spiro atoms. The smallest absolute Gasteiger partial charge is 0.326 e. The van der Waals surface area contributed by atoms with E-state index in [1.165, 1.54) is 51.4 Å². The molecule has 2 atom stereocenters. The van der Waals surface area contributed by atoms with Crippen LogP contribution in [0.3, 0.4) is 0 Å². The lowest BCUT2D eigenvalue weighted by Gasteiger charge is -2.21. The van der Waals surface area contributed by atoms with E-state index in [0.717, 1.165) is 19.3 Å². The van der Waals surface area contributed by atoms with Gasteiger partial charge in [-0.1, -0.05) is 71.1 Å². The maximum absolute atomic E-state index is 12.6. The fourth-order valence-corrected chi connectivity index (χ4v) is 3.78. The number of unbranched alkanes of at least 4 members (excludes halogenated alkanes) is 11. The Labute approximate surface area is 204 Å². The zero-order chi connectivity index (χ0) is 25.6. The van der Waals surface area contributed by atoms with Crippen molar-refractivity contribution in [2.45, 2.75) is 128 Å². The predicted octanol–water partition coefficient (Wildman–Crippen LogP) is 3.74. The molecule has 0 aliphatic heterocycles. The van der Waals surface area contributed by atoms with Gasteiger partial charge in [0.1, 0.15) is 12.1 Å². The van der Waals surface area contributed by atoms with Gasteiger partial charge in [0.25, 0.3) is 0 Å². The highest BCUT2D eigenvalue weighted by Crippen LogP contribution is 2.12. The third kappa shape index (κ3) is 18.3. The van der Waals surface area contributed by atoms with Crippen LogP contribution in [-0.2, 0) is 19.2 Å². The van der Waals surface area contributed by atoms with E-state index in [1.807, 2.05) is 0 Å². The molecule has 6 N–H and O–H groups in total. The van der Waals surface area contributed by atoms with Crippen molar-refractivity contribution in [2.75, 3.05) is 6.54 Å². The minimum atomic E-state index is -1.32. The van der Waals surface area contributed by atoms with Gasteiger partial charge in [0, 0.05) is 12.8 Å². The lowest BCUT2D eigenvalue weighted by Crippen LogP contribution is -2.51. The molecule has 0 aromatic heterocycles. The standard InChI is InChI=1S/C25H47N3O6/c1-2-3-4-5-6-7-8-9-10-11-12-16-22(29)27-20(15-13-14-19-26)24(32)28-21(25(33)34)17-18-23(30)31/h20-21H,2-19,26H2,1H3,(H,27,29)(H,28,32)(H,30,31)(H,33,34). The number of carboxylic acids is 2. The first-order valence-electron chi connectivity index (χ1n) is 13.1. The number of rotatable bonds is 23. The van der Waals surface area contributed by atoms with Gasteiger partial charge in [0.15, 0.2) is 0 Å². The minimum Gasteiger partial charge on any atom is -0.481 e. The second-order valence-corrected chi connectivity index (χ2v) is 9.02. The van der Waals surface area contributed by atoms with Gasteiger partial charge in [-0.05, 0) is 38.6 Å². The van der Waals surface area contributed by atoms with Gasteiger partial charge in [-0.25, -0.2) is 4.79 Å². The number of carbonyl (C=O) groups excluding carboxylic acids is 2. The lowest BCUT2D eigenvalue weighted by atomic mass is 10.0. The molecule has 0 saturated carbocycles. The summed E-state index contributed by atoms with van der Waals surface area (Å²) >= 11 is 0. The number of amides is 2. The molecule has 2 unspecified atom stereocenters. The van der Waals surface area contributed by atoms with Gasteiger partial charge in [-0.2, -0.15) is 0 Å². The van der Waals surface area contributed by atoms with Crippen LogP contribution in [0.15, 0.2) is 0 Å². The molecular weight excluding hydrogens is 438 g/mol. The minimum absolute atomic E-state index is 0.224. The Morgan fingerprint density at radius 1 is 0.676 bits per heavy atom. The summed E-state index contributed by atoms with van der Waals surface area (Å²) in [7, 11) is 0. The average molecular weight is 486 g/mol. The van der Waals surface area contributed by atoms with Gasteiger partial charge < -0.3 is 26.6 Å². The molecule has 9 nitrogen and oxygen atoms in total. The second kappa shape index (κ2) is 21.4. The first-order valence-corrected chi connectivity index (χ1v) is 13.1. The van der Waals surface area contributed by atoms with Crippen molar-refractivity contribution in [2.24, 2.45) is 5.73 Å². The molecule has 0 heterocycles. The number of carboxylic acid groups (broad SMARTS) is 2. The summed E-state index contributed by atoms with van der Waals surface area (Å²) in [5.41, 5.74) is 5.51. The van der Waals surface area contributed by atoms with E-state index in [4.69, 9.17) is 10.8 Å². The van der Waals surface area contributed by atoms with E-state index in [2.05, 4.69) is 17.6 Å². The molecule has 0 bridgehead atoms. The van der Waals surface area contributed by atoms with Crippen molar-refractivity contribution >= 4 is 23.8 Å². The van der Waals surface area contributed by atoms with Gasteiger partial charge in [-0.15, -0.1) is 0 Å². The Hall–Kier alpha value is -2.16. The SMILES string of the molecule is CCCCCCCCCCCCCC(=O)NC(CCCCN)C(=O)NC(CCC(=O)O)C(=O)O. The molecule has 9 heteroatoms. The monoisotopic (exact) mass is 485 g/mol. The summed E-state index contributed by atoms with van der Waals surface area (Å²) in [5, 5.41) is 23.1. The number of carbonyl (C=O) groups is 4. The quantitative estimate of drug-likeness (QED) is 0.138. The van der Waals surface area contributed by atoms with Gasteiger partial charge in [0.05, 0.1) is 0 Å². The largest absolute Gasteiger partial charge is 0.481 e. The number of nitrogens with one attached hydrogen (secondary N) is 2. The van der Waals surface area contributed by atoms with Gasteiger partial charge in [-0.3, -0.25) is 14.4 Å². The average Bonchev–Trinajstić information content (AvgIpc) is 2.79. The summed E-state index contributed by atoms with van der Waals surface area (Å²) in [6.07, 6.45) is 14.4. The molecule has 0 fully saturated rings. The maximum Gasteiger partial charge on any atom is 0.326 e. The predicted molar refractivity (Wildman–Crippen MR) is 132 cm³/mol. The van der Waals surface area contributed by atoms with E-state index < -0.39 is 29.9 Å². The Kier molecular flexibility index (Phi) is 20.0. The second-order valence-electron chi connectivity index (χ2n) is 9.02. The summed E-state index contributed by atoms with van der Waals surface area (Å²) in [5.74, 6) is -3.29. The van der Waals surface area contributed by atoms with Gasteiger partial charge >= 0.3 is 11.9 Å². The molecule has 0 aromatic rings. The van der Waals surface area contributed by atoms with Crippen LogP contribution in [0, 0.1) is 0 Å². The third-order valence-electron chi connectivity index (χ3n) is 5.87. The molecular formula is C25H47N3O6. The first-order chi connectivity index (χ1) is 16.3. The highest BCUT2D eigenvalue weighted by Gasteiger charge is 2.26. The van der Waals surface area contributed by atoms with Crippen molar-refractivity contribution in [3.8, 4) is 0 Å². The Bertz CT molecular complexity index is 585. The van der Waals surface area contributed by atoms with Crippen LogP contribution in [0.4, 0.5) is 0 Å². The van der Waals surface area contributed by atoms with Crippen LogP contribution in [0.5, 0.6) is 0 Å². The highest BCUT2D eigenvalue weighted by atomic mass is 16.4. The first kappa shape index (κ1) is 31.8. The van der Waals surface area contributed by atoms with E-state index in [1.54, 1.807) is 0 Å². The fourth-order valence-electron chi connectivity index (χ4n) is 3.78. The normalized spacial score (nSPS) is 12.6. The fraction of sp³-hybridized carbons (Fsp3) is 0.840. The summed E-state index contributed by atoms with van der Waals surface area (Å²) < 4.78 is 0. The summed E-state index contributed by atoms with van der Waals surface area (Å²) in [6.45, 7) is 2.67. The number of hydrogen-bond acceptors (Lipinski definition) is 5. The third-order valence-corrected chi connectivity index (χ3v) is 5.87. The number of aliphatic carboxylic acids is 2.